The van der Waals surface area contributed by atoms with E-state index < -0.39 is 6.10 Å². The zero-order valence-corrected chi connectivity index (χ0v) is 18.5. The molecule has 3 heterocycles. The molecule has 3 aliphatic heterocycles. The van der Waals surface area contributed by atoms with Gasteiger partial charge in [0.25, 0.3) is 5.91 Å². The maximum atomic E-state index is 13.2. The van der Waals surface area contributed by atoms with Crippen LogP contribution in [0.4, 0.5) is 0 Å². The third kappa shape index (κ3) is 4.54. The van der Waals surface area contributed by atoms with Crippen molar-refractivity contribution in [1.82, 2.24) is 14.7 Å². The van der Waals surface area contributed by atoms with Gasteiger partial charge in [-0.1, -0.05) is 36.4 Å². The highest BCUT2D eigenvalue weighted by Crippen LogP contribution is 2.25. The summed E-state index contributed by atoms with van der Waals surface area (Å²) in [7, 11) is 2.15. The number of fused-ring (bicyclic) bond motifs is 2. The highest BCUT2D eigenvalue weighted by Gasteiger charge is 2.28. The Morgan fingerprint density at radius 2 is 1.77 bits per heavy atom. The lowest BCUT2D eigenvalue weighted by atomic mass is 9.89. The van der Waals surface area contributed by atoms with Crippen LogP contribution in [0.1, 0.15) is 32.6 Å². The number of hydrogen-bond acceptors (Lipinski definition) is 4. The summed E-state index contributed by atoms with van der Waals surface area (Å²) in [5.74, 6) is 0.784. The summed E-state index contributed by atoms with van der Waals surface area (Å²) in [5.41, 5.74) is 6.03. The van der Waals surface area contributed by atoms with Crippen LogP contribution in [0, 0.1) is 5.92 Å². The molecule has 1 fully saturated rings. The molecule has 0 saturated carbocycles. The zero-order chi connectivity index (χ0) is 21.4. The molecule has 0 radical (unpaired) electrons. The number of aliphatic hydroxyl groups excluding tert-OH is 1. The third-order valence-electron chi connectivity index (χ3n) is 7.12. The minimum absolute atomic E-state index is 0.0804. The third-order valence-corrected chi connectivity index (χ3v) is 7.12. The number of aliphatic hydroxyl groups is 1. The Morgan fingerprint density at radius 1 is 1.00 bits per heavy atom. The van der Waals surface area contributed by atoms with Gasteiger partial charge in [-0.25, -0.2) is 0 Å². The van der Waals surface area contributed by atoms with Crippen molar-refractivity contribution in [2.45, 2.75) is 31.9 Å². The molecule has 0 bridgehead atoms. The Hall–Kier alpha value is -2.21. The molecule has 1 saturated heterocycles. The van der Waals surface area contributed by atoms with E-state index in [1.54, 1.807) is 0 Å². The van der Waals surface area contributed by atoms with Crippen LogP contribution in [0.25, 0.3) is 0 Å². The predicted octanol–water partition coefficient (Wildman–Crippen LogP) is 2.21. The molecule has 5 heteroatoms. The Kier molecular flexibility index (Phi) is 5.83. The zero-order valence-electron chi connectivity index (χ0n) is 18.5. The van der Waals surface area contributed by atoms with Crippen molar-refractivity contribution >= 4 is 5.91 Å². The van der Waals surface area contributed by atoms with Gasteiger partial charge in [-0.15, -0.1) is 0 Å². The van der Waals surface area contributed by atoms with Gasteiger partial charge in [-0.05, 0) is 60.5 Å². The van der Waals surface area contributed by atoms with Gasteiger partial charge in [0.15, 0.2) is 0 Å². The molecule has 164 valence electrons. The molecule has 0 spiro atoms. The Morgan fingerprint density at radius 3 is 2.58 bits per heavy atom. The SMILES string of the molecule is CN1CC(Cc2ccc3c(c2)C(=O)N(C[C@@H](O)CN2CCc4ccccc4C2)CC3)C1. The van der Waals surface area contributed by atoms with Crippen molar-refractivity contribution in [2.75, 3.05) is 46.3 Å². The number of rotatable bonds is 6. The molecule has 0 aliphatic carbocycles. The van der Waals surface area contributed by atoms with Crippen LogP contribution in [0.5, 0.6) is 0 Å². The largest absolute Gasteiger partial charge is 0.390 e. The average molecular weight is 420 g/mol. The first-order chi connectivity index (χ1) is 15.0. The van der Waals surface area contributed by atoms with Crippen molar-refractivity contribution in [3.63, 3.8) is 0 Å². The first-order valence-electron chi connectivity index (χ1n) is 11.6. The summed E-state index contributed by atoms with van der Waals surface area (Å²) >= 11 is 0. The first kappa shape index (κ1) is 20.7. The van der Waals surface area contributed by atoms with E-state index >= 15 is 0 Å². The topological polar surface area (TPSA) is 47.0 Å². The molecule has 2 aromatic rings. The molecule has 5 nitrogen and oxygen atoms in total. The second-order valence-electron chi connectivity index (χ2n) is 9.69. The van der Waals surface area contributed by atoms with Crippen LogP contribution in [-0.2, 0) is 25.8 Å². The molecule has 0 unspecified atom stereocenters. The van der Waals surface area contributed by atoms with E-state index in [-0.39, 0.29) is 5.91 Å². The van der Waals surface area contributed by atoms with Crippen LogP contribution >= 0.6 is 0 Å². The van der Waals surface area contributed by atoms with E-state index in [1.807, 2.05) is 4.90 Å². The number of β-amino-alcohol motifs (C(OH)–C–C–N with tert-alkyl or cyclic N) is 1. The van der Waals surface area contributed by atoms with Crippen LogP contribution in [-0.4, -0.2) is 78.1 Å². The van der Waals surface area contributed by atoms with E-state index in [9.17, 15) is 9.90 Å². The van der Waals surface area contributed by atoms with E-state index in [1.165, 1.54) is 16.7 Å². The minimum atomic E-state index is -0.524. The summed E-state index contributed by atoms with van der Waals surface area (Å²) in [6.07, 6.45) is 2.42. The molecule has 3 aliphatic rings. The monoisotopic (exact) mass is 419 g/mol. The van der Waals surface area contributed by atoms with Gasteiger partial charge in [0, 0.05) is 51.4 Å². The lowest BCUT2D eigenvalue weighted by molar-refractivity contribution is 0.0492. The van der Waals surface area contributed by atoms with Gasteiger partial charge in [-0.3, -0.25) is 9.69 Å². The predicted molar refractivity (Wildman–Crippen MR) is 122 cm³/mol. The maximum absolute atomic E-state index is 13.2. The lowest BCUT2D eigenvalue weighted by Gasteiger charge is -2.36. The fourth-order valence-electron chi connectivity index (χ4n) is 5.48. The number of hydrogen-bond donors (Lipinski definition) is 1. The van der Waals surface area contributed by atoms with Gasteiger partial charge in [0.1, 0.15) is 0 Å². The minimum Gasteiger partial charge on any atom is -0.390 e. The molecule has 2 aromatic carbocycles. The van der Waals surface area contributed by atoms with Crippen molar-refractivity contribution < 1.29 is 9.90 Å². The van der Waals surface area contributed by atoms with Crippen molar-refractivity contribution in [3.8, 4) is 0 Å². The van der Waals surface area contributed by atoms with Gasteiger partial charge >= 0.3 is 0 Å². The molecular weight excluding hydrogens is 386 g/mol. The van der Waals surface area contributed by atoms with E-state index in [0.29, 0.717) is 25.6 Å². The van der Waals surface area contributed by atoms with Crippen molar-refractivity contribution in [3.05, 3.63) is 70.3 Å². The summed E-state index contributed by atoms with van der Waals surface area (Å²) in [6.45, 7) is 5.84. The average Bonchev–Trinajstić information content (AvgIpc) is 2.75. The van der Waals surface area contributed by atoms with Crippen LogP contribution in [0.3, 0.4) is 0 Å². The van der Waals surface area contributed by atoms with Crippen LogP contribution < -0.4 is 0 Å². The Labute approximate surface area is 185 Å². The maximum Gasteiger partial charge on any atom is 0.254 e. The molecule has 1 N–H and O–H groups in total. The number of nitrogens with zero attached hydrogens (tertiary/aromatic N) is 3. The van der Waals surface area contributed by atoms with E-state index in [0.717, 1.165) is 56.6 Å². The Balaban J connectivity index is 1.19. The summed E-state index contributed by atoms with van der Waals surface area (Å²) in [4.78, 5) is 19.7. The van der Waals surface area contributed by atoms with E-state index in [4.69, 9.17) is 0 Å². The highest BCUT2D eigenvalue weighted by atomic mass is 16.3. The van der Waals surface area contributed by atoms with Gasteiger partial charge in [-0.2, -0.15) is 0 Å². The van der Waals surface area contributed by atoms with Crippen LogP contribution in [0.2, 0.25) is 0 Å². The number of benzene rings is 2. The van der Waals surface area contributed by atoms with Gasteiger partial charge in [0.05, 0.1) is 6.10 Å². The lowest BCUT2D eigenvalue weighted by Crippen LogP contribution is -2.46. The summed E-state index contributed by atoms with van der Waals surface area (Å²) in [5, 5.41) is 10.8. The van der Waals surface area contributed by atoms with Crippen molar-refractivity contribution in [1.29, 1.82) is 0 Å². The second kappa shape index (κ2) is 8.73. The molecular formula is C26H33N3O2. The normalized spacial score (nSPS) is 20.8. The fraction of sp³-hybridized carbons (Fsp3) is 0.500. The summed E-state index contributed by atoms with van der Waals surface area (Å²) < 4.78 is 0. The standard InChI is InChI=1S/C26H33N3O2/c1-27-14-20(15-27)12-19-6-7-22-9-11-29(26(31)25(22)13-19)18-24(30)17-28-10-8-21-4-2-3-5-23(21)16-28/h2-7,13,20,24,30H,8-12,14-18H2,1H3/t24-/m0/s1. The molecule has 1 amide bonds. The molecule has 31 heavy (non-hydrogen) atoms. The number of likely N-dealkylation sites (tertiary alicyclic amines) is 1. The quantitative estimate of drug-likeness (QED) is 0.780. The fourth-order valence-corrected chi connectivity index (χ4v) is 5.48. The Bertz CT molecular complexity index is 953. The number of carbonyl (C=O) groups excluding carboxylic acids is 1. The molecule has 1 atom stereocenters. The van der Waals surface area contributed by atoms with Gasteiger partial charge in [0.2, 0.25) is 0 Å². The molecule has 0 aromatic heterocycles. The van der Waals surface area contributed by atoms with E-state index in [2.05, 4.69) is 59.3 Å². The second-order valence-corrected chi connectivity index (χ2v) is 9.69. The number of carbonyl (C=O) groups is 1. The summed E-state index contributed by atoms with van der Waals surface area (Å²) in [6, 6.07) is 15.0. The first-order valence-corrected chi connectivity index (χ1v) is 11.6. The number of amides is 1. The van der Waals surface area contributed by atoms with Crippen LogP contribution in [0.15, 0.2) is 42.5 Å². The molecule has 5 rings (SSSR count). The smallest absolute Gasteiger partial charge is 0.254 e. The van der Waals surface area contributed by atoms with Crippen molar-refractivity contribution in [2.24, 2.45) is 5.92 Å². The highest BCUT2D eigenvalue weighted by molar-refractivity contribution is 5.97. The van der Waals surface area contributed by atoms with Gasteiger partial charge < -0.3 is 14.9 Å².